The number of halogens is 2. The number of sulfone groups is 1. The van der Waals surface area contributed by atoms with Crippen LogP contribution in [0, 0.1) is 0 Å². The van der Waals surface area contributed by atoms with E-state index < -0.39 is 9.84 Å². The highest BCUT2D eigenvalue weighted by Gasteiger charge is 2.14. The van der Waals surface area contributed by atoms with Gasteiger partial charge in [-0.25, -0.2) is 8.42 Å². The lowest BCUT2D eigenvalue weighted by molar-refractivity contribution is 0.602. The van der Waals surface area contributed by atoms with Crippen LogP contribution in [-0.2, 0) is 9.84 Å². The average Bonchev–Trinajstić information content (AvgIpc) is 1.94. The lowest BCUT2D eigenvalue weighted by atomic mass is 10.3. The first-order valence-electron chi connectivity index (χ1n) is 3.27. The van der Waals surface area contributed by atoms with E-state index in [1.807, 2.05) is 0 Å². The predicted molar refractivity (Wildman–Crippen MR) is 54.0 cm³/mol. The van der Waals surface area contributed by atoms with Crippen molar-refractivity contribution in [3.63, 3.8) is 0 Å². The molecule has 0 spiro atoms. The van der Waals surface area contributed by atoms with E-state index in [2.05, 4.69) is 0 Å². The molecule has 6 heteroatoms. The van der Waals surface area contributed by atoms with Gasteiger partial charge in [-0.3, -0.25) is 0 Å². The van der Waals surface area contributed by atoms with Gasteiger partial charge in [-0.2, -0.15) is 0 Å². The van der Waals surface area contributed by atoms with Crippen molar-refractivity contribution in [1.29, 1.82) is 0 Å². The molecule has 0 aromatic heterocycles. The van der Waals surface area contributed by atoms with E-state index in [-0.39, 0.29) is 20.6 Å². The molecular weight excluding hydrogens is 233 g/mol. The van der Waals surface area contributed by atoms with Crippen molar-refractivity contribution in [1.82, 2.24) is 0 Å². The molecule has 1 aromatic rings. The first-order chi connectivity index (χ1) is 5.82. The summed E-state index contributed by atoms with van der Waals surface area (Å²) in [5.74, 6) is 0. The molecule has 0 bridgehead atoms. The first kappa shape index (κ1) is 10.6. The number of nitrogen functional groups attached to an aromatic ring is 1. The minimum Gasteiger partial charge on any atom is -0.396 e. The molecular formula is C7H7Cl2NO2S. The molecule has 0 saturated carbocycles. The minimum absolute atomic E-state index is 0.0357. The van der Waals surface area contributed by atoms with Crippen LogP contribution in [0.3, 0.4) is 0 Å². The van der Waals surface area contributed by atoms with Crippen molar-refractivity contribution in [3.05, 3.63) is 22.2 Å². The fourth-order valence-electron chi connectivity index (χ4n) is 0.868. The highest BCUT2D eigenvalue weighted by molar-refractivity contribution is 7.90. The highest BCUT2D eigenvalue weighted by Crippen LogP contribution is 2.30. The quantitative estimate of drug-likeness (QED) is 0.763. The molecule has 13 heavy (non-hydrogen) atoms. The Morgan fingerprint density at radius 3 is 2.31 bits per heavy atom. The Labute approximate surface area is 86.4 Å². The Balaban J connectivity index is 3.56. The summed E-state index contributed by atoms with van der Waals surface area (Å²) >= 11 is 11.3. The van der Waals surface area contributed by atoms with Crippen LogP contribution < -0.4 is 5.73 Å². The lowest BCUT2D eigenvalue weighted by Gasteiger charge is -2.05. The van der Waals surface area contributed by atoms with Gasteiger partial charge in [0.05, 0.1) is 15.6 Å². The molecule has 0 saturated heterocycles. The zero-order valence-corrected chi connectivity index (χ0v) is 9.04. The number of benzene rings is 1. The molecule has 2 N–H and O–H groups in total. The van der Waals surface area contributed by atoms with E-state index >= 15 is 0 Å². The average molecular weight is 240 g/mol. The second kappa shape index (κ2) is 3.36. The summed E-state index contributed by atoms with van der Waals surface area (Å²) in [5.41, 5.74) is 5.50. The Kier molecular flexibility index (Phi) is 2.75. The van der Waals surface area contributed by atoms with Gasteiger partial charge in [-0.05, 0) is 12.1 Å². The fourth-order valence-corrected chi connectivity index (χ4v) is 2.33. The SMILES string of the molecule is CS(=O)(=O)c1cc(Cl)cc(Cl)c1N. The summed E-state index contributed by atoms with van der Waals surface area (Å²) in [6, 6.07) is 2.67. The van der Waals surface area contributed by atoms with Gasteiger partial charge in [-0.1, -0.05) is 23.2 Å². The van der Waals surface area contributed by atoms with Crippen LogP contribution in [0.1, 0.15) is 0 Å². The largest absolute Gasteiger partial charge is 0.396 e. The van der Waals surface area contributed by atoms with Gasteiger partial charge in [-0.15, -0.1) is 0 Å². The Bertz CT molecular complexity index is 442. The molecule has 1 rings (SSSR count). The molecule has 0 aliphatic heterocycles. The Hall–Kier alpha value is -0.450. The summed E-state index contributed by atoms with van der Waals surface area (Å²) < 4.78 is 22.3. The highest BCUT2D eigenvalue weighted by atomic mass is 35.5. The molecule has 3 nitrogen and oxygen atoms in total. The van der Waals surface area contributed by atoms with E-state index in [0.717, 1.165) is 6.26 Å². The van der Waals surface area contributed by atoms with Crippen LogP contribution in [0.5, 0.6) is 0 Å². The molecule has 0 amide bonds. The maximum Gasteiger partial charge on any atom is 0.177 e. The van der Waals surface area contributed by atoms with Crippen molar-refractivity contribution in [2.24, 2.45) is 0 Å². The third kappa shape index (κ3) is 2.27. The number of nitrogens with two attached hydrogens (primary N) is 1. The van der Waals surface area contributed by atoms with Gasteiger partial charge in [0.25, 0.3) is 0 Å². The van der Waals surface area contributed by atoms with Crippen LogP contribution in [0.25, 0.3) is 0 Å². The van der Waals surface area contributed by atoms with Gasteiger partial charge in [0.2, 0.25) is 0 Å². The van der Waals surface area contributed by atoms with Gasteiger partial charge >= 0.3 is 0 Å². The van der Waals surface area contributed by atoms with Crippen molar-refractivity contribution in [3.8, 4) is 0 Å². The van der Waals surface area contributed by atoms with Gasteiger partial charge in [0.1, 0.15) is 0 Å². The van der Waals surface area contributed by atoms with Crippen molar-refractivity contribution in [2.75, 3.05) is 12.0 Å². The third-order valence-electron chi connectivity index (χ3n) is 1.46. The summed E-state index contributed by atoms with van der Waals surface area (Å²) in [6.07, 6.45) is 1.05. The molecule has 0 fully saturated rings. The maximum atomic E-state index is 11.2. The Morgan fingerprint density at radius 1 is 1.31 bits per heavy atom. The zero-order chi connectivity index (χ0) is 10.2. The van der Waals surface area contributed by atoms with Crippen molar-refractivity contribution >= 4 is 38.7 Å². The smallest absolute Gasteiger partial charge is 0.177 e. The van der Waals surface area contributed by atoms with Gasteiger partial charge < -0.3 is 5.73 Å². The number of anilines is 1. The second-order valence-electron chi connectivity index (χ2n) is 2.57. The minimum atomic E-state index is -3.37. The van der Waals surface area contributed by atoms with Crippen LogP contribution in [0.15, 0.2) is 17.0 Å². The Morgan fingerprint density at radius 2 is 1.85 bits per heavy atom. The van der Waals surface area contributed by atoms with E-state index in [4.69, 9.17) is 28.9 Å². The molecule has 0 atom stereocenters. The molecule has 0 aliphatic carbocycles. The van der Waals surface area contributed by atoms with Crippen molar-refractivity contribution in [2.45, 2.75) is 4.90 Å². The van der Waals surface area contributed by atoms with Gasteiger partial charge in [0.15, 0.2) is 9.84 Å². The first-order valence-corrected chi connectivity index (χ1v) is 5.91. The topological polar surface area (TPSA) is 60.2 Å². The summed E-state index contributed by atoms with van der Waals surface area (Å²) in [7, 11) is -3.37. The van der Waals surface area contributed by atoms with Crippen LogP contribution in [-0.4, -0.2) is 14.7 Å². The van der Waals surface area contributed by atoms with Crippen LogP contribution in [0.4, 0.5) is 5.69 Å². The van der Waals surface area contributed by atoms with E-state index in [1.165, 1.54) is 12.1 Å². The monoisotopic (exact) mass is 239 g/mol. The normalized spacial score (nSPS) is 11.6. The number of rotatable bonds is 1. The molecule has 0 heterocycles. The fraction of sp³-hybridized carbons (Fsp3) is 0.143. The number of hydrogen-bond donors (Lipinski definition) is 1. The molecule has 72 valence electrons. The molecule has 1 aromatic carbocycles. The molecule has 0 radical (unpaired) electrons. The third-order valence-corrected chi connectivity index (χ3v) is 3.12. The molecule has 0 aliphatic rings. The maximum absolute atomic E-state index is 11.2. The summed E-state index contributed by atoms with van der Waals surface area (Å²) in [5, 5.41) is 0.396. The van der Waals surface area contributed by atoms with E-state index in [0.29, 0.717) is 0 Å². The second-order valence-corrected chi connectivity index (χ2v) is 5.40. The lowest BCUT2D eigenvalue weighted by Crippen LogP contribution is -2.02. The summed E-state index contributed by atoms with van der Waals surface area (Å²) in [4.78, 5) is -0.0370. The van der Waals surface area contributed by atoms with Crippen LogP contribution in [0.2, 0.25) is 10.0 Å². The number of hydrogen-bond acceptors (Lipinski definition) is 3. The standard InChI is InChI=1S/C7H7Cl2NO2S/c1-13(11,12)6-3-4(8)2-5(9)7(6)10/h2-3H,10H2,1H3. The molecule has 0 unspecified atom stereocenters. The van der Waals surface area contributed by atoms with Gasteiger partial charge in [0, 0.05) is 11.3 Å². The zero-order valence-electron chi connectivity index (χ0n) is 6.71. The summed E-state index contributed by atoms with van der Waals surface area (Å²) in [6.45, 7) is 0. The van der Waals surface area contributed by atoms with E-state index in [1.54, 1.807) is 0 Å². The van der Waals surface area contributed by atoms with Crippen molar-refractivity contribution < 1.29 is 8.42 Å². The van der Waals surface area contributed by atoms with Crippen LogP contribution >= 0.6 is 23.2 Å². The predicted octanol–water partition coefficient (Wildman–Crippen LogP) is 1.98. The van der Waals surface area contributed by atoms with E-state index in [9.17, 15) is 8.42 Å².